The highest BCUT2D eigenvalue weighted by atomic mass is 16.5. The lowest BCUT2D eigenvalue weighted by molar-refractivity contribution is -0.124. The molecule has 7 nitrogen and oxygen atoms in total. The van der Waals surface area contributed by atoms with Gasteiger partial charge in [-0.1, -0.05) is 78.4 Å². The van der Waals surface area contributed by atoms with Crippen molar-refractivity contribution in [3.05, 3.63) is 75.3 Å². The Balaban J connectivity index is 2.52. The lowest BCUT2D eigenvalue weighted by atomic mass is 10.1. The minimum Gasteiger partial charge on any atom is -0.493 e. The molecule has 0 saturated heterocycles. The first kappa shape index (κ1) is 33.2. The van der Waals surface area contributed by atoms with Crippen molar-refractivity contribution in [2.75, 3.05) is 31.1 Å². The number of anilines is 1. The van der Waals surface area contributed by atoms with Crippen LogP contribution in [0.2, 0.25) is 0 Å². The second-order valence-corrected chi connectivity index (χ2v) is 10.3. The number of unbranched alkanes of at least 4 members (excludes halogenated alkanes) is 6. The van der Waals surface area contributed by atoms with Gasteiger partial charge in [0.25, 0.3) is 5.70 Å². The van der Waals surface area contributed by atoms with Crippen molar-refractivity contribution < 1.29 is 9.53 Å². The van der Waals surface area contributed by atoms with E-state index in [-0.39, 0.29) is 28.6 Å². The van der Waals surface area contributed by atoms with Crippen LogP contribution in [0.3, 0.4) is 0 Å². The third-order valence-electron chi connectivity index (χ3n) is 7.12. The SMILES string of the molecule is [C-]#[N+]C1=C(/C=C/c2ccc(N(CCCC)CCCC)cc2OCCCCCC)C(=O)N(CCCC)/C1=C(\C#N)[N+]#[C-]. The molecule has 1 aliphatic rings. The van der Waals surface area contributed by atoms with Crippen LogP contribution < -0.4 is 9.64 Å². The van der Waals surface area contributed by atoms with E-state index >= 15 is 0 Å². The lowest BCUT2D eigenvalue weighted by Gasteiger charge is -2.25. The normalized spacial score (nSPS) is 14.3. The molecule has 1 aromatic rings. The average Bonchev–Trinajstić information content (AvgIpc) is 3.25. The van der Waals surface area contributed by atoms with Crippen LogP contribution in [0, 0.1) is 24.5 Å². The van der Waals surface area contributed by atoms with Gasteiger partial charge < -0.3 is 14.5 Å². The van der Waals surface area contributed by atoms with Crippen LogP contribution in [0.4, 0.5) is 5.69 Å². The predicted molar refractivity (Wildman–Crippen MR) is 167 cm³/mol. The molecule has 0 atom stereocenters. The monoisotopic (exact) mass is 555 g/mol. The van der Waals surface area contributed by atoms with Crippen LogP contribution in [0.5, 0.6) is 5.75 Å². The molecule has 2 rings (SSSR count). The maximum absolute atomic E-state index is 13.4. The van der Waals surface area contributed by atoms with E-state index in [4.69, 9.17) is 17.9 Å². The van der Waals surface area contributed by atoms with Gasteiger partial charge >= 0.3 is 0 Å². The summed E-state index contributed by atoms with van der Waals surface area (Å²) in [5.41, 5.74) is 2.09. The number of allylic oxidation sites excluding steroid dienone is 1. The molecular weight excluding hydrogens is 510 g/mol. The van der Waals surface area contributed by atoms with Gasteiger partial charge in [0.15, 0.2) is 0 Å². The van der Waals surface area contributed by atoms with E-state index in [0.29, 0.717) is 19.6 Å². The first-order valence-electron chi connectivity index (χ1n) is 15.2. The van der Waals surface area contributed by atoms with E-state index in [1.54, 1.807) is 6.08 Å². The van der Waals surface area contributed by atoms with Crippen molar-refractivity contribution in [1.29, 1.82) is 5.26 Å². The molecule has 41 heavy (non-hydrogen) atoms. The first-order valence-corrected chi connectivity index (χ1v) is 15.2. The molecule has 0 spiro atoms. The van der Waals surface area contributed by atoms with Gasteiger partial charge in [-0.2, -0.15) is 0 Å². The number of carbonyl (C=O) groups is 1. The Kier molecular flexibility index (Phi) is 14.9. The highest BCUT2D eigenvalue weighted by molar-refractivity contribution is 6.04. The van der Waals surface area contributed by atoms with E-state index in [0.717, 1.165) is 81.5 Å². The second-order valence-electron chi connectivity index (χ2n) is 10.3. The third-order valence-corrected chi connectivity index (χ3v) is 7.12. The van der Waals surface area contributed by atoms with Crippen LogP contribution in [0.25, 0.3) is 15.8 Å². The van der Waals surface area contributed by atoms with Crippen molar-refractivity contribution >= 4 is 17.7 Å². The number of benzene rings is 1. The number of nitrogens with zero attached hydrogens (tertiary/aromatic N) is 5. The number of rotatable bonds is 18. The molecular formula is C34H45N5O2. The third kappa shape index (κ3) is 9.26. The van der Waals surface area contributed by atoms with Crippen molar-refractivity contribution in [1.82, 2.24) is 4.90 Å². The number of amides is 1. The number of ether oxygens (including phenoxy) is 1. The van der Waals surface area contributed by atoms with E-state index in [1.165, 1.54) is 11.3 Å². The molecule has 1 heterocycles. The molecule has 0 radical (unpaired) electrons. The summed E-state index contributed by atoms with van der Waals surface area (Å²) in [4.78, 5) is 24.2. The van der Waals surface area contributed by atoms with Crippen LogP contribution >= 0.6 is 0 Å². The van der Waals surface area contributed by atoms with Crippen LogP contribution in [0.1, 0.15) is 97.5 Å². The number of nitriles is 1. The summed E-state index contributed by atoms with van der Waals surface area (Å²) >= 11 is 0. The van der Waals surface area contributed by atoms with Gasteiger partial charge in [-0.15, -0.1) is 0 Å². The molecule has 0 saturated carbocycles. The Morgan fingerprint density at radius 3 is 2.24 bits per heavy atom. The molecule has 1 aliphatic heterocycles. The van der Waals surface area contributed by atoms with Gasteiger partial charge in [0.1, 0.15) is 5.75 Å². The van der Waals surface area contributed by atoms with E-state index < -0.39 is 0 Å². The summed E-state index contributed by atoms with van der Waals surface area (Å²) in [6.45, 7) is 26.8. The molecule has 0 N–H and O–H groups in total. The molecule has 1 amide bonds. The first-order chi connectivity index (χ1) is 20.0. The van der Waals surface area contributed by atoms with Gasteiger partial charge in [0.2, 0.25) is 11.6 Å². The zero-order valence-corrected chi connectivity index (χ0v) is 25.3. The maximum Gasteiger partial charge on any atom is 0.274 e. The Morgan fingerprint density at radius 2 is 1.66 bits per heavy atom. The standard InChI is InChI=1S/C34H45N5O2/c1-7-11-15-16-24-41-31-25-28(38(21-12-8-2)22-13-9-3)19-17-27(31)18-20-29-32(37-6)33(30(26-35)36-5)39(34(29)40)23-14-10-4/h17-20,25H,7-16,21-24H2,1-4H3/b20-18+,33-30+. The fourth-order valence-corrected chi connectivity index (χ4v) is 4.70. The molecule has 7 heteroatoms. The van der Waals surface area contributed by atoms with Gasteiger partial charge in [-0.3, -0.25) is 4.79 Å². The summed E-state index contributed by atoms with van der Waals surface area (Å²) in [7, 11) is 0. The number of hydrogen-bond donors (Lipinski definition) is 0. The fraction of sp³-hybridized carbons (Fsp3) is 0.529. The summed E-state index contributed by atoms with van der Waals surface area (Å²) in [6.07, 6.45) is 13.9. The minimum absolute atomic E-state index is 0.0545. The summed E-state index contributed by atoms with van der Waals surface area (Å²) in [5, 5.41) is 9.55. The Labute approximate surface area is 247 Å². The maximum atomic E-state index is 13.4. The Hall–Kier alpha value is -4.02. The highest BCUT2D eigenvalue weighted by Gasteiger charge is 2.36. The molecule has 218 valence electrons. The fourth-order valence-electron chi connectivity index (χ4n) is 4.70. The lowest BCUT2D eigenvalue weighted by Crippen LogP contribution is -2.27. The van der Waals surface area contributed by atoms with E-state index in [2.05, 4.69) is 47.5 Å². The molecule has 0 bridgehead atoms. The summed E-state index contributed by atoms with van der Waals surface area (Å²) in [5.74, 6) is 0.400. The predicted octanol–water partition coefficient (Wildman–Crippen LogP) is 8.54. The molecule has 0 aromatic heterocycles. The largest absolute Gasteiger partial charge is 0.493 e. The average molecular weight is 556 g/mol. The summed E-state index contributed by atoms with van der Waals surface area (Å²) < 4.78 is 6.31. The zero-order chi connectivity index (χ0) is 30.0. The van der Waals surface area contributed by atoms with Crippen LogP contribution in [-0.4, -0.2) is 37.0 Å². The topological polar surface area (TPSA) is 65.3 Å². The van der Waals surface area contributed by atoms with Crippen molar-refractivity contribution in [2.45, 2.75) is 91.9 Å². The molecule has 0 fully saturated rings. The Morgan fingerprint density at radius 1 is 0.976 bits per heavy atom. The minimum atomic E-state index is -0.351. The highest BCUT2D eigenvalue weighted by Crippen LogP contribution is 2.35. The van der Waals surface area contributed by atoms with Crippen molar-refractivity contribution in [3.8, 4) is 11.8 Å². The van der Waals surface area contributed by atoms with E-state index in [1.807, 2.05) is 25.1 Å². The van der Waals surface area contributed by atoms with Crippen molar-refractivity contribution in [2.24, 2.45) is 0 Å². The molecule has 0 unspecified atom stereocenters. The van der Waals surface area contributed by atoms with Crippen LogP contribution in [-0.2, 0) is 4.79 Å². The van der Waals surface area contributed by atoms with Crippen molar-refractivity contribution in [3.63, 3.8) is 0 Å². The number of hydrogen-bond acceptors (Lipinski definition) is 4. The molecule has 1 aromatic carbocycles. The Bertz CT molecular complexity index is 1220. The van der Waals surface area contributed by atoms with Gasteiger partial charge in [-0.05, 0) is 37.8 Å². The summed E-state index contributed by atoms with van der Waals surface area (Å²) in [6, 6.07) is 8.08. The smallest absolute Gasteiger partial charge is 0.274 e. The molecule has 0 aliphatic carbocycles. The quantitative estimate of drug-likeness (QED) is 0.103. The number of carbonyl (C=O) groups excluding carboxylic acids is 1. The van der Waals surface area contributed by atoms with Gasteiger partial charge in [0.05, 0.1) is 31.5 Å². The van der Waals surface area contributed by atoms with Gasteiger partial charge in [-0.25, -0.2) is 15.0 Å². The second kappa shape index (κ2) is 18.4. The zero-order valence-electron chi connectivity index (χ0n) is 25.3. The van der Waals surface area contributed by atoms with Crippen LogP contribution in [0.15, 0.2) is 46.9 Å². The van der Waals surface area contributed by atoms with Gasteiger partial charge in [0, 0.05) is 42.5 Å². The van der Waals surface area contributed by atoms with E-state index in [9.17, 15) is 10.1 Å².